The smallest absolute Gasteiger partial charge is 0.321 e. The van der Waals surface area contributed by atoms with Crippen molar-refractivity contribution in [1.29, 1.82) is 0 Å². The van der Waals surface area contributed by atoms with E-state index in [9.17, 15) is 0 Å². The van der Waals surface area contributed by atoms with Gasteiger partial charge in [-0.2, -0.15) is 0 Å². The molecule has 0 heterocycles. The topological polar surface area (TPSA) is 36.9 Å². The fourth-order valence-corrected chi connectivity index (χ4v) is 4.82. The van der Waals surface area contributed by atoms with Crippen LogP contribution in [0.5, 0.6) is 0 Å². The highest BCUT2D eigenvalue weighted by molar-refractivity contribution is 6.46. The van der Waals surface area contributed by atoms with E-state index in [2.05, 4.69) is 0 Å². The molecule has 0 aromatic carbocycles. The van der Waals surface area contributed by atoms with Crippen LogP contribution >= 0.6 is 0 Å². The third-order valence-corrected chi connectivity index (χ3v) is 6.33. The van der Waals surface area contributed by atoms with Crippen molar-refractivity contribution < 1.29 is 17.7 Å². The average Bonchev–Trinajstić information content (AvgIpc) is 2.25. The van der Waals surface area contributed by atoms with Gasteiger partial charge in [-0.3, -0.25) is 0 Å². The Balaban J connectivity index is 3.59. The van der Waals surface area contributed by atoms with E-state index >= 15 is 0 Å². The second kappa shape index (κ2) is 10.8. The highest BCUT2D eigenvalue weighted by atomic mass is 28.3. The largest absolute Gasteiger partial charge is 0.400 e. The zero-order valence-electron chi connectivity index (χ0n) is 10.3. The normalized spacial score (nSPS) is 11.6. The first-order valence-electron chi connectivity index (χ1n) is 5.57. The van der Waals surface area contributed by atoms with Crippen LogP contribution in [0, 0.1) is 0 Å². The van der Waals surface area contributed by atoms with Gasteiger partial charge >= 0.3 is 18.6 Å². The van der Waals surface area contributed by atoms with E-state index in [1.807, 2.05) is 13.8 Å². The first-order chi connectivity index (χ1) is 7.28. The van der Waals surface area contributed by atoms with Gasteiger partial charge in [0.25, 0.3) is 0 Å². The predicted octanol–water partition coefficient (Wildman–Crippen LogP) is 1.18. The lowest BCUT2D eigenvalue weighted by atomic mass is 10.6. The van der Waals surface area contributed by atoms with E-state index in [0.717, 1.165) is 31.7 Å². The maximum absolute atomic E-state index is 5.58. The Morgan fingerprint density at radius 2 is 1.27 bits per heavy atom. The minimum atomic E-state index is -1.40. The predicted molar refractivity (Wildman–Crippen MR) is 65.8 cm³/mol. The van der Waals surface area contributed by atoms with Gasteiger partial charge in [-0.25, -0.2) is 0 Å². The molecule has 0 spiro atoms. The van der Waals surface area contributed by atoms with Gasteiger partial charge in [0.05, 0.1) is 0 Å². The maximum Gasteiger partial charge on any atom is 0.321 e. The van der Waals surface area contributed by atoms with Gasteiger partial charge in [-0.05, 0) is 32.4 Å². The number of rotatable bonds is 10. The zero-order valence-corrected chi connectivity index (χ0v) is 12.6. The number of hydrogen-bond donors (Lipinski definition) is 0. The molecule has 0 saturated carbocycles. The van der Waals surface area contributed by atoms with Crippen LogP contribution in [-0.2, 0) is 17.7 Å². The molecule has 15 heavy (non-hydrogen) atoms. The molecule has 0 aliphatic rings. The molecule has 0 fully saturated rings. The molecule has 92 valence electrons. The molecule has 0 rings (SSSR count). The molecule has 0 atom stereocenters. The molecular weight excluding hydrogens is 228 g/mol. The van der Waals surface area contributed by atoms with Crippen LogP contribution in [0.2, 0.25) is 12.1 Å². The Bertz CT molecular complexity index is 127. The molecule has 0 unspecified atom stereocenters. The lowest BCUT2D eigenvalue weighted by Crippen LogP contribution is -2.24. The highest BCUT2D eigenvalue weighted by Crippen LogP contribution is 2.08. The van der Waals surface area contributed by atoms with E-state index in [1.165, 1.54) is 0 Å². The second-order valence-corrected chi connectivity index (χ2v) is 7.65. The summed E-state index contributed by atoms with van der Waals surface area (Å²) in [6, 6.07) is 2.09. The molecule has 0 aliphatic heterocycles. The molecule has 0 bridgehead atoms. The molecule has 0 aliphatic carbocycles. The summed E-state index contributed by atoms with van der Waals surface area (Å²) in [7, 11) is 0.662. The van der Waals surface area contributed by atoms with Crippen molar-refractivity contribution in [1.82, 2.24) is 0 Å². The van der Waals surface area contributed by atoms with Crippen LogP contribution in [-0.4, -0.2) is 46.0 Å². The second-order valence-electron chi connectivity index (χ2n) is 3.17. The zero-order chi connectivity index (χ0) is 11.5. The molecule has 0 N–H and O–H groups in total. The van der Waals surface area contributed by atoms with E-state index in [0.29, 0.717) is 0 Å². The standard InChI is InChI=1S/C9H24O4Si2/c1-5-12-15(13-6-2)9-7-8-14(10-3)11-4/h14-15H,5-9H2,1-4H3. The SMILES string of the molecule is CCO[SiH](CCC[SiH](OC)OC)OCC. The third-order valence-electron chi connectivity index (χ3n) is 2.11. The molecule has 0 aromatic rings. The molecule has 4 nitrogen and oxygen atoms in total. The summed E-state index contributed by atoms with van der Waals surface area (Å²) in [5.41, 5.74) is 0. The van der Waals surface area contributed by atoms with E-state index < -0.39 is 18.6 Å². The minimum absolute atomic E-state index is 0.756. The van der Waals surface area contributed by atoms with Crippen molar-refractivity contribution in [2.45, 2.75) is 32.4 Å². The first kappa shape index (κ1) is 15.3. The van der Waals surface area contributed by atoms with Crippen molar-refractivity contribution in [3.8, 4) is 0 Å². The third kappa shape index (κ3) is 8.12. The Morgan fingerprint density at radius 1 is 0.800 bits per heavy atom. The Hall–Kier alpha value is 0.274. The van der Waals surface area contributed by atoms with Crippen LogP contribution < -0.4 is 0 Å². The molecule has 0 radical (unpaired) electrons. The summed E-state index contributed by atoms with van der Waals surface area (Å²) in [5, 5.41) is 0. The quantitative estimate of drug-likeness (QED) is 0.547. The van der Waals surface area contributed by atoms with E-state index in [4.69, 9.17) is 17.7 Å². The lowest BCUT2D eigenvalue weighted by molar-refractivity contribution is 0.212. The summed E-state index contributed by atoms with van der Waals surface area (Å²) in [6.07, 6.45) is 1.09. The van der Waals surface area contributed by atoms with Crippen molar-refractivity contribution >= 4 is 18.6 Å². The summed E-state index contributed by atoms with van der Waals surface area (Å²) in [5.74, 6) is 0. The molecule has 6 heteroatoms. The number of hydrogen-bond acceptors (Lipinski definition) is 4. The van der Waals surface area contributed by atoms with Gasteiger partial charge in [0.15, 0.2) is 0 Å². The van der Waals surface area contributed by atoms with Crippen LogP contribution in [0.3, 0.4) is 0 Å². The minimum Gasteiger partial charge on any atom is -0.400 e. The maximum atomic E-state index is 5.58. The van der Waals surface area contributed by atoms with E-state index in [1.54, 1.807) is 14.2 Å². The summed E-state index contributed by atoms with van der Waals surface area (Å²) < 4.78 is 21.7. The van der Waals surface area contributed by atoms with Crippen LogP contribution in [0.25, 0.3) is 0 Å². The fourth-order valence-electron chi connectivity index (χ4n) is 1.37. The van der Waals surface area contributed by atoms with Gasteiger partial charge in [0.2, 0.25) is 0 Å². The average molecular weight is 252 g/mol. The van der Waals surface area contributed by atoms with Crippen molar-refractivity contribution in [3.05, 3.63) is 0 Å². The molecular formula is C9H24O4Si2. The molecule has 0 amide bonds. The highest BCUT2D eigenvalue weighted by Gasteiger charge is 2.15. The first-order valence-corrected chi connectivity index (χ1v) is 9.09. The van der Waals surface area contributed by atoms with Crippen molar-refractivity contribution in [3.63, 3.8) is 0 Å². The Kier molecular flexibility index (Phi) is 11.0. The summed E-state index contributed by atoms with van der Waals surface area (Å²) >= 11 is 0. The molecule has 0 aromatic heterocycles. The van der Waals surface area contributed by atoms with Crippen molar-refractivity contribution in [2.24, 2.45) is 0 Å². The Labute approximate surface area is 96.6 Å². The monoisotopic (exact) mass is 252 g/mol. The van der Waals surface area contributed by atoms with Gasteiger partial charge in [0, 0.05) is 27.4 Å². The fraction of sp³-hybridized carbons (Fsp3) is 1.00. The summed E-state index contributed by atoms with van der Waals surface area (Å²) in [4.78, 5) is 0. The van der Waals surface area contributed by atoms with Gasteiger partial charge in [0.1, 0.15) is 0 Å². The van der Waals surface area contributed by atoms with Crippen LogP contribution in [0.15, 0.2) is 0 Å². The Morgan fingerprint density at radius 3 is 1.67 bits per heavy atom. The van der Waals surface area contributed by atoms with Crippen LogP contribution in [0.4, 0.5) is 0 Å². The molecule has 0 saturated heterocycles. The van der Waals surface area contributed by atoms with Crippen LogP contribution in [0.1, 0.15) is 20.3 Å². The van der Waals surface area contributed by atoms with Gasteiger partial charge in [-0.15, -0.1) is 0 Å². The van der Waals surface area contributed by atoms with Crippen molar-refractivity contribution in [2.75, 3.05) is 27.4 Å². The summed E-state index contributed by atoms with van der Waals surface area (Å²) in [6.45, 7) is 5.54. The lowest BCUT2D eigenvalue weighted by Gasteiger charge is -2.15. The van der Waals surface area contributed by atoms with Gasteiger partial charge in [-0.1, -0.05) is 0 Å². The van der Waals surface area contributed by atoms with Gasteiger partial charge < -0.3 is 17.7 Å². The van der Waals surface area contributed by atoms with E-state index in [-0.39, 0.29) is 0 Å².